The molecule has 2 aromatic heterocycles. The fraction of sp³-hybridized carbons (Fsp3) is 0.417. The third-order valence-corrected chi connectivity index (χ3v) is 7.69. The Hall–Kier alpha value is -2.64. The van der Waals surface area contributed by atoms with Crippen LogP contribution in [0.25, 0.3) is 10.6 Å². The summed E-state index contributed by atoms with van der Waals surface area (Å²) < 4.78 is 7.24. The summed E-state index contributed by atoms with van der Waals surface area (Å²) in [6.07, 6.45) is 2.33. The highest BCUT2D eigenvalue weighted by molar-refractivity contribution is 7.13. The largest absolute Gasteiger partial charge is 0.497 e. The van der Waals surface area contributed by atoms with E-state index in [1.807, 2.05) is 24.3 Å². The molecule has 3 fully saturated rings. The van der Waals surface area contributed by atoms with Gasteiger partial charge in [-0.3, -0.25) is 14.4 Å². The molecule has 0 saturated carbocycles. The minimum absolute atomic E-state index is 0.0194. The van der Waals surface area contributed by atoms with Crippen molar-refractivity contribution >= 4 is 17.2 Å². The molecule has 3 saturated heterocycles. The van der Waals surface area contributed by atoms with Gasteiger partial charge in [0.2, 0.25) is 0 Å². The van der Waals surface area contributed by atoms with E-state index in [4.69, 9.17) is 9.84 Å². The number of nitrogens with one attached hydrogen (secondary N) is 1. The first-order chi connectivity index (χ1) is 15.1. The molecule has 7 heteroatoms. The van der Waals surface area contributed by atoms with Gasteiger partial charge in [-0.15, -0.1) is 11.3 Å². The Kier molecular flexibility index (Phi) is 5.54. The van der Waals surface area contributed by atoms with E-state index in [0.717, 1.165) is 31.0 Å². The summed E-state index contributed by atoms with van der Waals surface area (Å²) in [6.45, 7) is 2.84. The van der Waals surface area contributed by atoms with Crippen molar-refractivity contribution in [1.82, 2.24) is 20.0 Å². The van der Waals surface area contributed by atoms with Crippen LogP contribution in [0, 0.1) is 5.92 Å². The van der Waals surface area contributed by atoms with Gasteiger partial charge in [0.1, 0.15) is 11.4 Å². The molecule has 3 aliphatic rings. The third kappa shape index (κ3) is 4.00. The number of hydrogen-bond acceptors (Lipinski definition) is 5. The smallest absolute Gasteiger partial charge is 0.251 e. The molecule has 162 valence electrons. The number of carbonyl (C=O) groups excluding carboxylic acids is 1. The first-order valence-corrected chi connectivity index (χ1v) is 11.7. The Labute approximate surface area is 186 Å². The normalized spacial score (nSPS) is 24.8. The monoisotopic (exact) mass is 436 g/mol. The zero-order chi connectivity index (χ0) is 21.4. The van der Waals surface area contributed by atoms with Gasteiger partial charge in [0.05, 0.1) is 12.0 Å². The van der Waals surface area contributed by atoms with Crippen molar-refractivity contribution in [1.29, 1.82) is 0 Å². The molecule has 6 nitrogen and oxygen atoms in total. The summed E-state index contributed by atoms with van der Waals surface area (Å²) in [5.41, 5.74) is 3.08. The number of amides is 1. The number of aromatic nitrogens is 2. The number of rotatable bonds is 6. The number of fused-ring (bicyclic) bond motifs is 3. The highest BCUT2D eigenvalue weighted by Gasteiger charge is 2.41. The zero-order valence-electron chi connectivity index (χ0n) is 18.0. The first kappa shape index (κ1) is 20.3. The van der Waals surface area contributed by atoms with E-state index in [2.05, 4.69) is 45.5 Å². The van der Waals surface area contributed by atoms with Crippen LogP contribution in [0.3, 0.4) is 0 Å². The van der Waals surface area contributed by atoms with Crippen LogP contribution < -0.4 is 10.1 Å². The topological polar surface area (TPSA) is 59.4 Å². The minimum Gasteiger partial charge on any atom is -0.497 e. The SMILES string of the molecule is COc1ccc(C(=O)NC[C@H]2C[C@@H]3CCN2C[C@H]3c2cc(-c3cccs3)nn2C)cc1. The highest BCUT2D eigenvalue weighted by atomic mass is 32.1. The molecule has 3 aliphatic heterocycles. The lowest BCUT2D eigenvalue weighted by Gasteiger charge is -2.50. The summed E-state index contributed by atoms with van der Waals surface area (Å²) in [7, 11) is 3.69. The van der Waals surface area contributed by atoms with Crippen LogP contribution in [0.4, 0.5) is 0 Å². The minimum atomic E-state index is -0.0194. The Morgan fingerprint density at radius 3 is 2.81 bits per heavy atom. The van der Waals surface area contributed by atoms with Crippen molar-refractivity contribution in [2.45, 2.75) is 24.8 Å². The van der Waals surface area contributed by atoms with Gasteiger partial charge in [-0.1, -0.05) is 6.07 Å². The van der Waals surface area contributed by atoms with E-state index in [1.54, 1.807) is 18.4 Å². The molecule has 4 atom stereocenters. The molecule has 5 heterocycles. The number of piperidine rings is 3. The van der Waals surface area contributed by atoms with Crippen molar-refractivity contribution in [3.05, 3.63) is 59.1 Å². The van der Waals surface area contributed by atoms with Gasteiger partial charge < -0.3 is 10.1 Å². The maximum atomic E-state index is 12.6. The van der Waals surface area contributed by atoms with E-state index >= 15 is 0 Å². The lowest BCUT2D eigenvalue weighted by molar-refractivity contribution is 0.0280. The fourth-order valence-electron chi connectivity index (χ4n) is 5.11. The molecule has 2 bridgehead atoms. The number of aryl methyl sites for hydroxylation is 1. The van der Waals surface area contributed by atoms with Crippen LogP contribution >= 0.6 is 11.3 Å². The second-order valence-corrected chi connectivity index (χ2v) is 9.48. The van der Waals surface area contributed by atoms with E-state index < -0.39 is 0 Å². The fourth-order valence-corrected chi connectivity index (χ4v) is 5.80. The first-order valence-electron chi connectivity index (χ1n) is 10.9. The predicted octanol–water partition coefficient (Wildman–Crippen LogP) is 3.77. The van der Waals surface area contributed by atoms with Gasteiger partial charge in [0, 0.05) is 43.4 Å². The van der Waals surface area contributed by atoms with Crippen molar-refractivity contribution in [2.24, 2.45) is 13.0 Å². The molecule has 0 radical (unpaired) electrons. The van der Waals surface area contributed by atoms with Crippen molar-refractivity contribution < 1.29 is 9.53 Å². The van der Waals surface area contributed by atoms with Gasteiger partial charge in [0.15, 0.2) is 0 Å². The Bertz CT molecular complexity index is 1040. The predicted molar refractivity (Wildman–Crippen MR) is 123 cm³/mol. The van der Waals surface area contributed by atoms with E-state index in [1.165, 1.54) is 17.0 Å². The van der Waals surface area contributed by atoms with Gasteiger partial charge >= 0.3 is 0 Å². The molecule has 1 aromatic carbocycles. The van der Waals surface area contributed by atoms with Gasteiger partial charge in [0.25, 0.3) is 5.91 Å². The molecule has 1 amide bonds. The van der Waals surface area contributed by atoms with E-state index in [9.17, 15) is 4.79 Å². The Balaban J connectivity index is 1.23. The van der Waals surface area contributed by atoms with Crippen LogP contribution in [0.5, 0.6) is 5.75 Å². The number of carbonyl (C=O) groups is 1. The number of thiophene rings is 1. The molecule has 31 heavy (non-hydrogen) atoms. The maximum Gasteiger partial charge on any atom is 0.251 e. The maximum absolute atomic E-state index is 12.6. The van der Waals surface area contributed by atoms with Crippen LogP contribution in [0.2, 0.25) is 0 Å². The highest BCUT2D eigenvalue weighted by Crippen LogP contribution is 2.42. The van der Waals surface area contributed by atoms with Gasteiger partial charge in [-0.05, 0) is 67.1 Å². The lowest BCUT2D eigenvalue weighted by Crippen LogP contribution is -2.56. The van der Waals surface area contributed by atoms with E-state index in [-0.39, 0.29) is 5.91 Å². The second-order valence-electron chi connectivity index (χ2n) is 8.53. The number of hydrogen-bond donors (Lipinski definition) is 1. The standard InChI is InChI=1S/C24H28N4O2S/c1-27-22(13-21(26-27)23-4-3-11-31-23)20-15-28-10-9-17(20)12-18(28)14-25-24(29)16-5-7-19(30-2)8-6-16/h3-8,11,13,17-18,20H,9-10,12,14-15H2,1-2H3,(H,25,29)/t17-,18+,20+/m0/s1. The van der Waals surface area contributed by atoms with Crippen molar-refractivity contribution in [3.63, 3.8) is 0 Å². The number of methoxy groups -OCH3 is 1. The summed E-state index contributed by atoms with van der Waals surface area (Å²) in [5.74, 6) is 1.89. The zero-order valence-corrected chi connectivity index (χ0v) is 18.8. The molecule has 6 rings (SSSR count). The second kappa shape index (κ2) is 8.48. The van der Waals surface area contributed by atoms with Gasteiger partial charge in [-0.25, -0.2) is 0 Å². The molecule has 3 aromatic rings. The average Bonchev–Trinajstić information content (AvgIpc) is 3.48. The molecule has 0 aliphatic carbocycles. The average molecular weight is 437 g/mol. The van der Waals surface area contributed by atoms with Crippen LogP contribution in [0.1, 0.15) is 34.8 Å². The van der Waals surface area contributed by atoms with Crippen LogP contribution in [0.15, 0.2) is 47.8 Å². The molecular weight excluding hydrogens is 408 g/mol. The summed E-state index contributed by atoms with van der Waals surface area (Å²) in [6, 6.07) is 14.2. The summed E-state index contributed by atoms with van der Waals surface area (Å²) in [4.78, 5) is 16.3. The van der Waals surface area contributed by atoms with Crippen molar-refractivity contribution in [3.8, 4) is 16.3 Å². The lowest BCUT2D eigenvalue weighted by atomic mass is 9.74. The number of benzene rings is 1. The summed E-state index contributed by atoms with van der Waals surface area (Å²) in [5, 5.41) is 10.0. The molecule has 1 N–H and O–H groups in total. The Morgan fingerprint density at radius 2 is 2.13 bits per heavy atom. The summed E-state index contributed by atoms with van der Waals surface area (Å²) >= 11 is 1.74. The third-order valence-electron chi connectivity index (χ3n) is 6.80. The number of nitrogens with zero attached hydrogens (tertiary/aromatic N) is 3. The van der Waals surface area contributed by atoms with Gasteiger partial charge in [-0.2, -0.15) is 5.10 Å². The molecule has 0 spiro atoms. The van der Waals surface area contributed by atoms with Crippen molar-refractivity contribution in [2.75, 3.05) is 26.7 Å². The Morgan fingerprint density at radius 1 is 1.29 bits per heavy atom. The van der Waals surface area contributed by atoms with Crippen LogP contribution in [-0.4, -0.2) is 53.4 Å². The number of ether oxygens (including phenoxy) is 1. The van der Waals surface area contributed by atoms with E-state index in [0.29, 0.717) is 30.0 Å². The van der Waals surface area contributed by atoms with Crippen LogP contribution in [-0.2, 0) is 7.05 Å². The quantitative estimate of drug-likeness (QED) is 0.639. The molecule has 1 unspecified atom stereocenters. The molecular formula is C24H28N4O2S.